The maximum Gasteiger partial charge on any atom is 0.270 e. The molecule has 1 N–H and O–H groups in total. The van der Waals surface area contributed by atoms with Gasteiger partial charge in [0.2, 0.25) is 0 Å². The molecule has 1 amide bonds. The molecule has 28 heavy (non-hydrogen) atoms. The quantitative estimate of drug-likeness (QED) is 0.531. The first-order chi connectivity index (χ1) is 13.8. The third-order valence-corrected chi connectivity index (χ3v) is 6.19. The van der Waals surface area contributed by atoms with E-state index in [0.29, 0.717) is 5.92 Å². The molecule has 3 heterocycles. The second-order valence-corrected chi connectivity index (χ2v) is 7.69. The first-order valence-electron chi connectivity index (χ1n) is 10.2. The van der Waals surface area contributed by atoms with Crippen LogP contribution in [0, 0.1) is 0 Å². The summed E-state index contributed by atoms with van der Waals surface area (Å²) in [5.74, 6) is 0.674. The Morgan fingerprint density at radius 3 is 2.64 bits per heavy atom. The smallest absolute Gasteiger partial charge is 0.270 e. The molecule has 0 unspecified atom stereocenters. The van der Waals surface area contributed by atoms with Crippen molar-refractivity contribution in [3.8, 4) is 0 Å². The zero-order chi connectivity index (χ0) is 19.1. The molecule has 2 aromatic carbocycles. The van der Waals surface area contributed by atoms with Crippen molar-refractivity contribution in [2.75, 3.05) is 13.1 Å². The largest absolute Gasteiger partial charge is 0.361 e. The molecule has 4 nitrogen and oxygen atoms in total. The SMILES string of the molecule is CCn1c(C(=O)N2CCC(c3c[nH]c4ccccc34)CC2)cc2ccccc21. The first kappa shape index (κ1) is 17.1. The van der Waals surface area contributed by atoms with Crippen LogP contribution >= 0.6 is 0 Å². The fourth-order valence-electron chi connectivity index (χ4n) is 4.72. The topological polar surface area (TPSA) is 41.0 Å². The molecule has 1 aliphatic rings. The van der Waals surface area contributed by atoms with E-state index in [2.05, 4.69) is 59.1 Å². The molecule has 1 saturated heterocycles. The number of benzene rings is 2. The lowest BCUT2D eigenvalue weighted by Gasteiger charge is -2.32. The van der Waals surface area contributed by atoms with Gasteiger partial charge in [-0.3, -0.25) is 4.79 Å². The molecular weight excluding hydrogens is 346 g/mol. The van der Waals surface area contributed by atoms with Crippen molar-refractivity contribution in [3.63, 3.8) is 0 Å². The van der Waals surface area contributed by atoms with E-state index < -0.39 is 0 Å². The number of aromatic nitrogens is 2. The number of likely N-dealkylation sites (tertiary alicyclic amines) is 1. The summed E-state index contributed by atoms with van der Waals surface area (Å²) in [6.07, 6.45) is 4.18. The molecule has 0 radical (unpaired) electrons. The number of nitrogens with zero attached hydrogens (tertiary/aromatic N) is 2. The number of piperidine rings is 1. The lowest BCUT2D eigenvalue weighted by atomic mass is 9.89. The summed E-state index contributed by atoms with van der Waals surface area (Å²) in [6, 6.07) is 18.8. The summed E-state index contributed by atoms with van der Waals surface area (Å²) in [7, 11) is 0. The molecule has 0 spiro atoms. The van der Waals surface area contributed by atoms with Crippen LogP contribution in [0.3, 0.4) is 0 Å². The van der Waals surface area contributed by atoms with Crippen LogP contribution in [0.25, 0.3) is 21.8 Å². The molecule has 0 aliphatic carbocycles. The molecule has 4 aromatic rings. The van der Waals surface area contributed by atoms with Crippen LogP contribution in [-0.4, -0.2) is 33.4 Å². The Morgan fingerprint density at radius 2 is 1.82 bits per heavy atom. The van der Waals surface area contributed by atoms with Gasteiger partial charge in [-0.05, 0) is 49.4 Å². The summed E-state index contributed by atoms with van der Waals surface area (Å²) in [6.45, 7) is 4.54. The number of fused-ring (bicyclic) bond motifs is 2. The van der Waals surface area contributed by atoms with Gasteiger partial charge in [0.15, 0.2) is 0 Å². The number of aryl methyl sites for hydroxylation is 1. The highest BCUT2D eigenvalue weighted by atomic mass is 16.2. The molecule has 1 aliphatic heterocycles. The summed E-state index contributed by atoms with van der Waals surface area (Å²) in [5.41, 5.74) is 4.55. The van der Waals surface area contributed by atoms with Gasteiger partial charge >= 0.3 is 0 Å². The van der Waals surface area contributed by atoms with Crippen LogP contribution in [0.5, 0.6) is 0 Å². The summed E-state index contributed by atoms with van der Waals surface area (Å²) in [5, 5.41) is 2.46. The fraction of sp³-hybridized carbons (Fsp3) is 0.292. The lowest BCUT2D eigenvalue weighted by molar-refractivity contribution is 0.0703. The van der Waals surface area contributed by atoms with Crippen molar-refractivity contribution in [1.82, 2.24) is 14.5 Å². The Bertz CT molecular complexity index is 1150. The first-order valence-corrected chi connectivity index (χ1v) is 10.2. The highest BCUT2D eigenvalue weighted by Gasteiger charge is 2.27. The minimum absolute atomic E-state index is 0.162. The third-order valence-electron chi connectivity index (χ3n) is 6.19. The predicted molar refractivity (Wildman–Crippen MR) is 114 cm³/mol. The average molecular weight is 371 g/mol. The number of carbonyl (C=O) groups is 1. The van der Waals surface area contributed by atoms with Crippen LogP contribution in [0.2, 0.25) is 0 Å². The van der Waals surface area contributed by atoms with Gasteiger partial charge in [-0.1, -0.05) is 36.4 Å². The maximum absolute atomic E-state index is 13.3. The number of para-hydroxylation sites is 2. The number of H-pyrrole nitrogens is 1. The minimum Gasteiger partial charge on any atom is -0.361 e. The normalized spacial score (nSPS) is 15.5. The average Bonchev–Trinajstić information content (AvgIpc) is 3.34. The van der Waals surface area contributed by atoms with Crippen LogP contribution in [0.4, 0.5) is 0 Å². The van der Waals surface area contributed by atoms with Crippen LogP contribution < -0.4 is 0 Å². The molecule has 142 valence electrons. The third kappa shape index (κ3) is 2.71. The van der Waals surface area contributed by atoms with E-state index in [1.807, 2.05) is 23.1 Å². The van der Waals surface area contributed by atoms with Gasteiger partial charge in [0.05, 0.1) is 0 Å². The second kappa shape index (κ2) is 6.86. The molecule has 0 atom stereocenters. The van der Waals surface area contributed by atoms with Crippen LogP contribution in [-0.2, 0) is 6.54 Å². The molecule has 2 aromatic heterocycles. The van der Waals surface area contributed by atoms with E-state index in [9.17, 15) is 4.79 Å². The van der Waals surface area contributed by atoms with E-state index in [4.69, 9.17) is 0 Å². The molecular formula is C24H25N3O. The Balaban J connectivity index is 1.36. The maximum atomic E-state index is 13.3. The van der Waals surface area contributed by atoms with Crippen LogP contribution in [0.1, 0.15) is 41.7 Å². The van der Waals surface area contributed by atoms with Crippen molar-refractivity contribution < 1.29 is 4.79 Å². The number of rotatable bonds is 3. The Morgan fingerprint density at radius 1 is 1.07 bits per heavy atom. The number of hydrogen-bond acceptors (Lipinski definition) is 1. The van der Waals surface area contributed by atoms with Crippen molar-refractivity contribution in [2.24, 2.45) is 0 Å². The summed E-state index contributed by atoms with van der Waals surface area (Å²) >= 11 is 0. The Hall–Kier alpha value is -3.01. The van der Waals surface area contributed by atoms with Crippen molar-refractivity contribution in [1.29, 1.82) is 0 Å². The molecule has 0 bridgehead atoms. The highest BCUT2D eigenvalue weighted by molar-refractivity contribution is 5.98. The number of aromatic amines is 1. The monoisotopic (exact) mass is 371 g/mol. The van der Waals surface area contributed by atoms with Gasteiger partial charge < -0.3 is 14.5 Å². The zero-order valence-electron chi connectivity index (χ0n) is 16.2. The van der Waals surface area contributed by atoms with Gasteiger partial charge in [-0.25, -0.2) is 0 Å². The molecule has 5 rings (SSSR count). The van der Waals surface area contributed by atoms with Gasteiger partial charge in [0, 0.05) is 47.6 Å². The molecule has 0 saturated carbocycles. The highest BCUT2D eigenvalue weighted by Crippen LogP contribution is 2.33. The van der Waals surface area contributed by atoms with Crippen molar-refractivity contribution in [2.45, 2.75) is 32.2 Å². The Kier molecular flexibility index (Phi) is 4.19. The number of hydrogen-bond donors (Lipinski definition) is 1. The number of nitrogens with one attached hydrogen (secondary N) is 1. The van der Waals surface area contributed by atoms with Gasteiger partial charge in [0.25, 0.3) is 5.91 Å². The van der Waals surface area contributed by atoms with E-state index in [-0.39, 0.29) is 5.91 Å². The van der Waals surface area contributed by atoms with E-state index in [1.54, 1.807) is 0 Å². The fourth-order valence-corrected chi connectivity index (χ4v) is 4.72. The van der Waals surface area contributed by atoms with Gasteiger partial charge in [-0.2, -0.15) is 0 Å². The summed E-state index contributed by atoms with van der Waals surface area (Å²) < 4.78 is 2.14. The van der Waals surface area contributed by atoms with Crippen molar-refractivity contribution >= 4 is 27.7 Å². The second-order valence-electron chi connectivity index (χ2n) is 7.69. The van der Waals surface area contributed by atoms with E-state index in [0.717, 1.165) is 49.1 Å². The van der Waals surface area contributed by atoms with Crippen LogP contribution in [0.15, 0.2) is 60.8 Å². The molecule has 4 heteroatoms. The number of carbonyl (C=O) groups excluding carboxylic acids is 1. The Labute approximate surface area is 164 Å². The van der Waals surface area contributed by atoms with E-state index in [1.165, 1.54) is 16.5 Å². The lowest BCUT2D eigenvalue weighted by Crippen LogP contribution is -2.38. The zero-order valence-corrected chi connectivity index (χ0v) is 16.2. The number of amides is 1. The molecule has 1 fully saturated rings. The van der Waals surface area contributed by atoms with Gasteiger partial charge in [-0.15, -0.1) is 0 Å². The van der Waals surface area contributed by atoms with Gasteiger partial charge in [0.1, 0.15) is 5.69 Å². The van der Waals surface area contributed by atoms with E-state index >= 15 is 0 Å². The summed E-state index contributed by atoms with van der Waals surface area (Å²) in [4.78, 5) is 18.7. The van der Waals surface area contributed by atoms with Crippen molar-refractivity contribution in [3.05, 3.63) is 72.1 Å². The standard InChI is InChI=1S/C24H25N3O/c1-2-27-22-10-6-3-7-18(22)15-23(27)24(28)26-13-11-17(12-14-26)20-16-25-21-9-5-4-8-19(20)21/h3-10,15-17,25H,2,11-14H2,1H3. The predicted octanol–water partition coefficient (Wildman–Crippen LogP) is 5.16. The minimum atomic E-state index is 0.162.